The number of nitrogens with zero attached hydrogens (tertiary/aromatic N) is 1. The molecule has 148 valence electrons. The maximum absolute atomic E-state index is 13.3. The van der Waals surface area contributed by atoms with Crippen LogP contribution in [0.3, 0.4) is 0 Å². The van der Waals surface area contributed by atoms with Crippen molar-refractivity contribution in [2.75, 3.05) is 20.2 Å². The lowest BCUT2D eigenvalue weighted by molar-refractivity contribution is 0.373. The lowest BCUT2D eigenvalue weighted by atomic mass is 10.1. The third kappa shape index (κ3) is 7.24. The van der Waals surface area contributed by atoms with Gasteiger partial charge in [-0.2, -0.15) is 0 Å². The molecule has 0 saturated carbocycles. The predicted octanol–water partition coefficient (Wildman–Crippen LogP) is 3.76. The molecule has 2 aromatic rings. The van der Waals surface area contributed by atoms with Crippen molar-refractivity contribution in [2.24, 2.45) is 4.99 Å². The first-order chi connectivity index (χ1) is 12.5. The third-order valence-electron chi connectivity index (χ3n) is 3.94. The summed E-state index contributed by atoms with van der Waals surface area (Å²) >= 11 is 0. The summed E-state index contributed by atoms with van der Waals surface area (Å²) in [5, 5.41) is 16.1. The van der Waals surface area contributed by atoms with Crippen LogP contribution in [-0.4, -0.2) is 31.3 Å². The largest absolute Gasteiger partial charge is 0.504 e. The number of methoxy groups -OCH3 is 1. The Hall–Kier alpha value is -2.03. The van der Waals surface area contributed by atoms with E-state index in [2.05, 4.69) is 15.6 Å². The van der Waals surface area contributed by atoms with Crippen LogP contribution in [0.15, 0.2) is 41.4 Å². The first-order valence-electron chi connectivity index (χ1n) is 8.66. The molecule has 0 bridgehead atoms. The van der Waals surface area contributed by atoms with Crippen LogP contribution in [-0.2, 0) is 13.0 Å². The molecule has 0 aliphatic carbocycles. The normalized spacial score (nSPS) is 10.9. The highest BCUT2D eigenvalue weighted by atomic mass is 127. The summed E-state index contributed by atoms with van der Waals surface area (Å²) < 4.78 is 18.5. The van der Waals surface area contributed by atoms with Crippen LogP contribution in [0.25, 0.3) is 0 Å². The molecule has 3 N–H and O–H groups in total. The van der Waals surface area contributed by atoms with E-state index in [0.717, 1.165) is 24.1 Å². The molecule has 0 unspecified atom stereocenters. The van der Waals surface area contributed by atoms with Gasteiger partial charge in [-0.25, -0.2) is 9.38 Å². The molecule has 7 heteroatoms. The number of halogens is 2. The van der Waals surface area contributed by atoms with Crippen molar-refractivity contribution in [1.82, 2.24) is 10.6 Å². The summed E-state index contributed by atoms with van der Waals surface area (Å²) in [6.07, 6.45) is 0.761. The van der Waals surface area contributed by atoms with E-state index in [9.17, 15) is 9.50 Å². The van der Waals surface area contributed by atoms with Gasteiger partial charge < -0.3 is 20.5 Å². The molecule has 0 aliphatic rings. The number of ether oxygens (including phenoxy) is 1. The Morgan fingerprint density at radius 3 is 2.56 bits per heavy atom. The Morgan fingerprint density at radius 2 is 1.89 bits per heavy atom. The zero-order valence-electron chi connectivity index (χ0n) is 15.9. The number of guanidine groups is 1. The minimum absolute atomic E-state index is 0. The van der Waals surface area contributed by atoms with Gasteiger partial charge in [-0.05, 0) is 55.2 Å². The number of hydrogen-bond donors (Lipinski definition) is 3. The Labute approximate surface area is 177 Å². The standard InChI is InChI=1S/C20H26FN3O2.HI/c1-4-22-20(24-13-16-5-7-17(21)14(2)11-16)23-10-9-15-6-8-18(25)19(12-15)26-3;/h5-8,11-12,25H,4,9-10,13H2,1-3H3,(H2,22,23,24);1H. The number of aliphatic imine (C=N–C) groups is 1. The molecule has 0 radical (unpaired) electrons. The van der Waals surface area contributed by atoms with Crippen LogP contribution in [0.4, 0.5) is 4.39 Å². The summed E-state index contributed by atoms with van der Waals surface area (Å²) in [6.45, 7) is 5.66. The summed E-state index contributed by atoms with van der Waals surface area (Å²) in [5.41, 5.74) is 2.64. The van der Waals surface area contributed by atoms with E-state index in [0.29, 0.717) is 30.4 Å². The van der Waals surface area contributed by atoms with Gasteiger partial charge in [-0.1, -0.05) is 18.2 Å². The van der Waals surface area contributed by atoms with Crippen molar-refractivity contribution in [2.45, 2.75) is 26.8 Å². The lowest BCUT2D eigenvalue weighted by Crippen LogP contribution is -2.38. The molecule has 27 heavy (non-hydrogen) atoms. The van der Waals surface area contributed by atoms with Gasteiger partial charge in [-0.15, -0.1) is 24.0 Å². The molecule has 2 rings (SSSR count). The molecule has 0 heterocycles. The van der Waals surface area contributed by atoms with Crippen molar-refractivity contribution in [3.05, 3.63) is 58.9 Å². The van der Waals surface area contributed by atoms with Crippen LogP contribution in [0.1, 0.15) is 23.6 Å². The maximum Gasteiger partial charge on any atom is 0.191 e. The van der Waals surface area contributed by atoms with Crippen LogP contribution < -0.4 is 15.4 Å². The maximum atomic E-state index is 13.3. The second-order valence-corrected chi connectivity index (χ2v) is 5.96. The molecule has 0 aliphatic heterocycles. The zero-order valence-corrected chi connectivity index (χ0v) is 18.2. The monoisotopic (exact) mass is 487 g/mol. The number of rotatable bonds is 7. The zero-order chi connectivity index (χ0) is 18.9. The van der Waals surface area contributed by atoms with Crippen molar-refractivity contribution >= 4 is 29.9 Å². The molecule has 0 aromatic heterocycles. The minimum atomic E-state index is -0.202. The molecular formula is C20H27FIN3O2. The highest BCUT2D eigenvalue weighted by Crippen LogP contribution is 2.26. The van der Waals surface area contributed by atoms with E-state index in [1.54, 1.807) is 19.1 Å². The highest BCUT2D eigenvalue weighted by Gasteiger charge is 2.04. The Kier molecular flexibility index (Phi) is 9.92. The summed E-state index contributed by atoms with van der Waals surface area (Å²) in [5.74, 6) is 1.11. The quantitative estimate of drug-likeness (QED) is 0.316. The topological polar surface area (TPSA) is 65.9 Å². The fourth-order valence-electron chi connectivity index (χ4n) is 2.52. The van der Waals surface area contributed by atoms with E-state index in [4.69, 9.17) is 4.74 Å². The van der Waals surface area contributed by atoms with Crippen LogP contribution in [0, 0.1) is 12.7 Å². The fourth-order valence-corrected chi connectivity index (χ4v) is 2.52. The SMILES string of the molecule is CCNC(=NCc1ccc(F)c(C)c1)NCCc1ccc(O)c(OC)c1.I. The van der Waals surface area contributed by atoms with E-state index < -0.39 is 0 Å². The molecule has 0 fully saturated rings. The molecule has 0 amide bonds. The summed E-state index contributed by atoms with van der Waals surface area (Å²) in [7, 11) is 1.53. The van der Waals surface area contributed by atoms with Gasteiger partial charge in [0, 0.05) is 13.1 Å². The van der Waals surface area contributed by atoms with Crippen LogP contribution in [0.2, 0.25) is 0 Å². The summed E-state index contributed by atoms with van der Waals surface area (Å²) in [4.78, 5) is 4.54. The fraction of sp³-hybridized carbons (Fsp3) is 0.350. The van der Waals surface area contributed by atoms with E-state index in [1.165, 1.54) is 13.2 Å². The number of phenolic OH excluding ortho intramolecular Hbond substituents is 1. The second-order valence-electron chi connectivity index (χ2n) is 5.96. The number of aromatic hydroxyl groups is 1. The number of hydrogen-bond acceptors (Lipinski definition) is 3. The number of phenols is 1. The highest BCUT2D eigenvalue weighted by molar-refractivity contribution is 14.0. The molecule has 0 spiro atoms. The third-order valence-corrected chi connectivity index (χ3v) is 3.94. The minimum Gasteiger partial charge on any atom is -0.504 e. The smallest absolute Gasteiger partial charge is 0.191 e. The number of benzene rings is 2. The van der Waals surface area contributed by atoms with Crippen LogP contribution >= 0.6 is 24.0 Å². The molecule has 0 saturated heterocycles. The average Bonchev–Trinajstić information content (AvgIpc) is 2.63. The van der Waals surface area contributed by atoms with Crippen LogP contribution in [0.5, 0.6) is 11.5 Å². The Morgan fingerprint density at radius 1 is 1.15 bits per heavy atom. The first kappa shape index (κ1) is 23.0. The summed E-state index contributed by atoms with van der Waals surface area (Å²) in [6, 6.07) is 10.3. The van der Waals surface area contributed by atoms with Crippen molar-refractivity contribution in [1.29, 1.82) is 0 Å². The average molecular weight is 487 g/mol. The van der Waals surface area contributed by atoms with Gasteiger partial charge in [0.2, 0.25) is 0 Å². The van der Waals surface area contributed by atoms with E-state index in [1.807, 2.05) is 25.1 Å². The second kappa shape index (κ2) is 11.6. The molecule has 5 nitrogen and oxygen atoms in total. The Bertz CT molecular complexity index is 769. The van der Waals surface area contributed by atoms with Gasteiger partial charge in [0.1, 0.15) is 5.82 Å². The Balaban J connectivity index is 0.00000364. The molecular weight excluding hydrogens is 460 g/mol. The predicted molar refractivity (Wildman–Crippen MR) is 118 cm³/mol. The molecule has 0 atom stereocenters. The van der Waals surface area contributed by atoms with E-state index >= 15 is 0 Å². The molecule has 2 aromatic carbocycles. The first-order valence-corrected chi connectivity index (χ1v) is 8.66. The van der Waals surface area contributed by atoms with E-state index in [-0.39, 0.29) is 35.5 Å². The van der Waals surface area contributed by atoms with Gasteiger partial charge in [0.15, 0.2) is 17.5 Å². The van der Waals surface area contributed by atoms with Gasteiger partial charge in [-0.3, -0.25) is 0 Å². The van der Waals surface area contributed by atoms with Gasteiger partial charge >= 0.3 is 0 Å². The lowest BCUT2D eigenvalue weighted by Gasteiger charge is -2.12. The van der Waals surface area contributed by atoms with Gasteiger partial charge in [0.25, 0.3) is 0 Å². The van der Waals surface area contributed by atoms with Crippen molar-refractivity contribution in [3.63, 3.8) is 0 Å². The number of aryl methyl sites for hydroxylation is 1. The van der Waals surface area contributed by atoms with Crippen molar-refractivity contribution in [3.8, 4) is 11.5 Å². The van der Waals surface area contributed by atoms with Gasteiger partial charge in [0.05, 0.1) is 13.7 Å². The number of nitrogens with one attached hydrogen (secondary N) is 2. The van der Waals surface area contributed by atoms with Crippen molar-refractivity contribution < 1.29 is 14.2 Å².